The monoisotopic (exact) mass is 218 g/mol. The van der Waals surface area contributed by atoms with Crippen LogP contribution in [0.3, 0.4) is 0 Å². The highest BCUT2D eigenvalue weighted by Crippen LogP contribution is 2.22. The molecule has 0 unspecified atom stereocenters. The third kappa shape index (κ3) is 2.18. The standard InChI is InChI=1S/C9H15ClN2O2/c1-2-7(9(11)14)12-5-6(4-10)3-8(12)13/h6-7H,2-5H2,1H3,(H2,11,14)/t6-,7-/m0/s1. The lowest BCUT2D eigenvalue weighted by molar-refractivity contribution is -0.136. The second kappa shape index (κ2) is 4.64. The number of rotatable bonds is 4. The maximum Gasteiger partial charge on any atom is 0.240 e. The molecule has 0 bridgehead atoms. The Morgan fingerprint density at radius 3 is 2.79 bits per heavy atom. The molecule has 1 aliphatic rings. The van der Waals surface area contributed by atoms with Crippen LogP contribution < -0.4 is 5.73 Å². The van der Waals surface area contributed by atoms with Crippen molar-refractivity contribution in [3.63, 3.8) is 0 Å². The number of likely N-dealkylation sites (tertiary alicyclic amines) is 1. The summed E-state index contributed by atoms with van der Waals surface area (Å²) >= 11 is 5.67. The number of carbonyl (C=O) groups excluding carboxylic acids is 2. The average molecular weight is 219 g/mol. The smallest absolute Gasteiger partial charge is 0.240 e. The lowest BCUT2D eigenvalue weighted by atomic mass is 10.1. The fourth-order valence-corrected chi connectivity index (χ4v) is 2.00. The zero-order chi connectivity index (χ0) is 10.7. The van der Waals surface area contributed by atoms with Crippen molar-refractivity contribution in [3.05, 3.63) is 0 Å². The highest BCUT2D eigenvalue weighted by Gasteiger charge is 2.35. The Morgan fingerprint density at radius 1 is 1.79 bits per heavy atom. The molecule has 4 nitrogen and oxygen atoms in total. The van der Waals surface area contributed by atoms with Gasteiger partial charge in [0, 0.05) is 18.8 Å². The van der Waals surface area contributed by atoms with Crippen LogP contribution in [0.15, 0.2) is 0 Å². The normalized spacial score (nSPS) is 24.0. The Labute approximate surface area is 88.4 Å². The van der Waals surface area contributed by atoms with E-state index in [-0.39, 0.29) is 11.8 Å². The fraction of sp³-hybridized carbons (Fsp3) is 0.778. The van der Waals surface area contributed by atoms with Crippen LogP contribution in [0.5, 0.6) is 0 Å². The largest absolute Gasteiger partial charge is 0.368 e. The van der Waals surface area contributed by atoms with Gasteiger partial charge >= 0.3 is 0 Å². The summed E-state index contributed by atoms with van der Waals surface area (Å²) in [6.07, 6.45) is 1.00. The summed E-state index contributed by atoms with van der Waals surface area (Å²) in [5.74, 6) is 0.173. The van der Waals surface area contributed by atoms with E-state index in [2.05, 4.69) is 0 Å². The Bertz CT molecular complexity index is 245. The predicted molar refractivity (Wildman–Crippen MR) is 53.8 cm³/mol. The van der Waals surface area contributed by atoms with Crippen LogP contribution in [-0.2, 0) is 9.59 Å². The molecule has 0 aromatic carbocycles. The van der Waals surface area contributed by atoms with E-state index < -0.39 is 11.9 Å². The van der Waals surface area contributed by atoms with Gasteiger partial charge in [-0.1, -0.05) is 6.92 Å². The number of nitrogens with two attached hydrogens (primary N) is 1. The summed E-state index contributed by atoms with van der Waals surface area (Å²) in [5.41, 5.74) is 5.21. The van der Waals surface area contributed by atoms with Crippen LogP contribution in [0.4, 0.5) is 0 Å². The number of halogens is 1. The Balaban J connectivity index is 2.68. The molecule has 0 aliphatic carbocycles. The summed E-state index contributed by atoms with van der Waals surface area (Å²) in [4.78, 5) is 24.1. The first-order valence-corrected chi connectivity index (χ1v) is 5.28. The van der Waals surface area contributed by atoms with Crippen molar-refractivity contribution in [3.8, 4) is 0 Å². The van der Waals surface area contributed by atoms with Crippen molar-refractivity contribution in [2.45, 2.75) is 25.8 Å². The number of carbonyl (C=O) groups is 2. The van der Waals surface area contributed by atoms with Crippen LogP contribution in [0.2, 0.25) is 0 Å². The molecule has 2 amide bonds. The first-order chi connectivity index (χ1) is 6.60. The molecule has 2 N–H and O–H groups in total. The molecule has 0 aromatic heterocycles. The van der Waals surface area contributed by atoms with Crippen molar-refractivity contribution in [2.75, 3.05) is 12.4 Å². The molecule has 2 atom stereocenters. The van der Waals surface area contributed by atoms with Crippen molar-refractivity contribution >= 4 is 23.4 Å². The van der Waals surface area contributed by atoms with Crippen LogP contribution in [0.25, 0.3) is 0 Å². The topological polar surface area (TPSA) is 63.4 Å². The highest BCUT2D eigenvalue weighted by molar-refractivity contribution is 6.18. The molecular weight excluding hydrogens is 204 g/mol. The molecule has 1 heterocycles. The van der Waals surface area contributed by atoms with Gasteiger partial charge < -0.3 is 10.6 Å². The molecule has 1 rings (SSSR count). The van der Waals surface area contributed by atoms with Gasteiger partial charge in [0.1, 0.15) is 6.04 Å². The zero-order valence-electron chi connectivity index (χ0n) is 8.20. The van der Waals surface area contributed by atoms with E-state index in [0.717, 1.165) is 0 Å². The molecule has 0 radical (unpaired) electrons. The summed E-state index contributed by atoms with van der Waals surface area (Å²) in [6, 6.07) is -0.462. The molecular formula is C9H15ClN2O2. The SMILES string of the molecule is CC[C@@H](C(N)=O)N1C[C@H](CCl)CC1=O. The van der Waals surface area contributed by atoms with Crippen molar-refractivity contribution in [1.82, 2.24) is 4.90 Å². The Hall–Kier alpha value is -0.770. The van der Waals surface area contributed by atoms with E-state index in [0.29, 0.717) is 25.3 Å². The molecule has 1 saturated heterocycles. The van der Waals surface area contributed by atoms with Gasteiger partial charge in [-0.2, -0.15) is 0 Å². The number of amides is 2. The van der Waals surface area contributed by atoms with E-state index in [4.69, 9.17) is 17.3 Å². The van der Waals surface area contributed by atoms with E-state index in [1.54, 1.807) is 4.90 Å². The second-order valence-electron chi connectivity index (χ2n) is 3.60. The molecule has 14 heavy (non-hydrogen) atoms. The van der Waals surface area contributed by atoms with Gasteiger partial charge in [-0.15, -0.1) is 11.6 Å². The van der Waals surface area contributed by atoms with Crippen molar-refractivity contribution in [2.24, 2.45) is 11.7 Å². The number of nitrogens with zero attached hydrogens (tertiary/aromatic N) is 1. The van der Waals surface area contributed by atoms with Crippen LogP contribution in [0, 0.1) is 5.92 Å². The molecule has 5 heteroatoms. The van der Waals surface area contributed by atoms with Gasteiger partial charge in [0.15, 0.2) is 0 Å². The summed E-state index contributed by atoms with van der Waals surface area (Å²) < 4.78 is 0. The number of hydrogen-bond acceptors (Lipinski definition) is 2. The van der Waals surface area contributed by atoms with Gasteiger partial charge in [-0.25, -0.2) is 0 Å². The summed E-state index contributed by atoms with van der Waals surface area (Å²) in [6.45, 7) is 2.40. The minimum atomic E-state index is -0.462. The maximum atomic E-state index is 11.5. The molecule has 1 aliphatic heterocycles. The van der Waals surface area contributed by atoms with Gasteiger partial charge in [-0.05, 0) is 12.3 Å². The fourth-order valence-electron chi connectivity index (χ4n) is 1.79. The van der Waals surface area contributed by atoms with Gasteiger partial charge in [0.2, 0.25) is 11.8 Å². The van der Waals surface area contributed by atoms with E-state index >= 15 is 0 Å². The predicted octanol–water partition coefficient (Wildman–Crippen LogP) is 0.338. The van der Waals surface area contributed by atoms with Crippen molar-refractivity contribution < 1.29 is 9.59 Å². The highest BCUT2D eigenvalue weighted by atomic mass is 35.5. The van der Waals surface area contributed by atoms with Crippen molar-refractivity contribution in [1.29, 1.82) is 0 Å². The second-order valence-corrected chi connectivity index (χ2v) is 3.91. The van der Waals surface area contributed by atoms with E-state index in [9.17, 15) is 9.59 Å². The van der Waals surface area contributed by atoms with Crippen LogP contribution in [-0.4, -0.2) is 35.2 Å². The van der Waals surface area contributed by atoms with Crippen LogP contribution in [0.1, 0.15) is 19.8 Å². The van der Waals surface area contributed by atoms with Gasteiger partial charge in [-0.3, -0.25) is 9.59 Å². The quantitative estimate of drug-likeness (QED) is 0.692. The van der Waals surface area contributed by atoms with E-state index in [1.165, 1.54) is 0 Å². The molecule has 0 aromatic rings. The third-order valence-electron chi connectivity index (χ3n) is 2.55. The molecule has 80 valence electrons. The number of primary amides is 1. The summed E-state index contributed by atoms with van der Waals surface area (Å²) in [7, 11) is 0. The first kappa shape index (κ1) is 11.3. The zero-order valence-corrected chi connectivity index (χ0v) is 8.96. The average Bonchev–Trinajstić information content (AvgIpc) is 2.48. The molecule has 0 saturated carbocycles. The maximum absolute atomic E-state index is 11.5. The lowest BCUT2D eigenvalue weighted by Gasteiger charge is -2.24. The van der Waals surface area contributed by atoms with Gasteiger partial charge in [0.05, 0.1) is 0 Å². The minimum absolute atomic E-state index is 0.0127. The molecule has 0 spiro atoms. The van der Waals surface area contributed by atoms with E-state index in [1.807, 2.05) is 6.92 Å². The number of alkyl halides is 1. The Kier molecular flexibility index (Phi) is 3.75. The summed E-state index contributed by atoms with van der Waals surface area (Å²) in [5, 5.41) is 0. The lowest BCUT2D eigenvalue weighted by Crippen LogP contribution is -2.45. The van der Waals surface area contributed by atoms with Crippen LogP contribution >= 0.6 is 11.6 Å². The van der Waals surface area contributed by atoms with Gasteiger partial charge in [0.25, 0.3) is 0 Å². The third-order valence-corrected chi connectivity index (χ3v) is 2.98. The Morgan fingerprint density at radius 2 is 2.43 bits per heavy atom. The first-order valence-electron chi connectivity index (χ1n) is 4.74. The number of hydrogen-bond donors (Lipinski definition) is 1. The molecule has 1 fully saturated rings. The minimum Gasteiger partial charge on any atom is -0.368 e.